The van der Waals surface area contributed by atoms with Crippen molar-refractivity contribution in [3.8, 4) is 0 Å². The summed E-state index contributed by atoms with van der Waals surface area (Å²) in [5.74, 6) is 1.35. The third-order valence-electron chi connectivity index (χ3n) is 3.74. The van der Waals surface area contributed by atoms with E-state index in [9.17, 15) is 0 Å². The third kappa shape index (κ3) is 4.11. The van der Waals surface area contributed by atoms with Crippen molar-refractivity contribution in [3.63, 3.8) is 0 Å². The fourth-order valence-corrected chi connectivity index (χ4v) is 2.95. The van der Waals surface area contributed by atoms with E-state index in [-0.39, 0.29) is 0 Å². The minimum atomic E-state index is 0.603. The van der Waals surface area contributed by atoms with E-state index in [1.165, 1.54) is 16.7 Å². The van der Waals surface area contributed by atoms with Crippen molar-refractivity contribution in [1.29, 1.82) is 0 Å². The van der Waals surface area contributed by atoms with Crippen LogP contribution in [0.5, 0.6) is 0 Å². The van der Waals surface area contributed by atoms with Crippen LogP contribution in [-0.4, -0.2) is 9.97 Å². The summed E-state index contributed by atoms with van der Waals surface area (Å²) in [5.41, 5.74) is 4.67. The van der Waals surface area contributed by atoms with Gasteiger partial charge < -0.3 is 10.6 Å². The number of nitrogens with one attached hydrogen (secondary N) is 2. The summed E-state index contributed by atoms with van der Waals surface area (Å²) in [6.07, 6.45) is 1.75. The van der Waals surface area contributed by atoms with Crippen LogP contribution in [-0.2, 0) is 6.54 Å². The van der Waals surface area contributed by atoms with Gasteiger partial charge in [-0.3, -0.25) is 0 Å². The molecule has 0 saturated heterocycles. The van der Waals surface area contributed by atoms with Gasteiger partial charge in [0.2, 0.25) is 5.95 Å². The van der Waals surface area contributed by atoms with Gasteiger partial charge in [0.15, 0.2) is 0 Å². The first kappa shape index (κ1) is 16.5. The van der Waals surface area contributed by atoms with Crippen molar-refractivity contribution in [1.82, 2.24) is 9.97 Å². The Balaban J connectivity index is 1.71. The maximum absolute atomic E-state index is 4.52. The number of halogens is 1. The van der Waals surface area contributed by atoms with Crippen molar-refractivity contribution in [2.75, 3.05) is 10.6 Å². The largest absolute Gasteiger partial charge is 0.350 e. The topological polar surface area (TPSA) is 49.8 Å². The third-order valence-corrected chi connectivity index (χ3v) is 4.40. The molecule has 5 heteroatoms. The van der Waals surface area contributed by atoms with Gasteiger partial charge in [0.05, 0.1) is 5.69 Å². The maximum atomic E-state index is 4.52. The highest BCUT2D eigenvalue weighted by Gasteiger charge is 2.04. The molecule has 0 radical (unpaired) electrons. The second-order valence-corrected chi connectivity index (χ2v) is 6.51. The summed E-state index contributed by atoms with van der Waals surface area (Å²) in [6.45, 7) is 4.86. The van der Waals surface area contributed by atoms with E-state index < -0.39 is 0 Å². The van der Waals surface area contributed by atoms with E-state index in [1.807, 2.05) is 24.3 Å². The van der Waals surface area contributed by atoms with E-state index in [4.69, 9.17) is 0 Å². The number of anilines is 3. The smallest absolute Gasteiger partial charge is 0.224 e. The van der Waals surface area contributed by atoms with Crippen molar-refractivity contribution in [3.05, 3.63) is 75.9 Å². The first-order chi connectivity index (χ1) is 11.6. The van der Waals surface area contributed by atoms with Gasteiger partial charge in [-0.25, -0.2) is 4.98 Å². The summed E-state index contributed by atoms with van der Waals surface area (Å²) < 4.78 is 1.01. The zero-order valence-corrected chi connectivity index (χ0v) is 15.3. The average molecular weight is 383 g/mol. The van der Waals surface area contributed by atoms with Crippen LogP contribution in [0.3, 0.4) is 0 Å². The number of nitrogens with zero attached hydrogens (tertiary/aromatic N) is 2. The lowest BCUT2D eigenvalue weighted by Crippen LogP contribution is -2.06. The monoisotopic (exact) mass is 382 g/mol. The van der Waals surface area contributed by atoms with Crippen LogP contribution in [0.4, 0.5) is 17.5 Å². The van der Waals surface area contributed by atoms with Crippen molar-refractivity contribution >= 4 is 33.4 Å². The zero-order chi connectivity index (χ0) is 16.9. The molecule has 0 spiro atoms. The molecule has 0 fully saturated rings. The standard InChI is InChI=1S/C19H19BrN4/c1-13-7-8-17(16(20)11-13)23-18-9-10-21-19(24-18)22-12-15-6-4-3-5-14(15)2/h3-11H,12H2,1-2H3,(H2,21,22,23,24). The molecular weight excluding hydrogens is 364 g/mol. The molecule has 3 aromatic rings. The van der Waals surface area contributed by atoms with Crippen LogP contribution in [0, 0.1) is 13.8 Å². The average Bonchev–Trinajstić information content (AvgIpc) is 2.57. The molecule has 2 N–H and O–H groups in total. The van der Waals surface area contributed by atoms with Crippen molar-refractivity contribution in [2.45, 2.75) is 20.4 Å². The molecule has 2 aromatic carbocycles. The van der Waals surface area contributed by atoms with Gasteiger partial charge in [-0.2, -0.15) is 4.98 Å². The first-order valence-electron chi connectivity index (χ1n) is 7.76. The fraction of sp³-hybridized carbons (Fsp3) is 0.158. The normalized spacial score (nSPS) is 10.5. The molecule has 0 saturated carbocycles. The minimum Gasteiger partial charge on any atom is -0.350 e. The number of hydrogen-bond acceptors (Lipinski definition) is 4. The van der Waals surface area contributed by atoms with Crippen LogP contribution >= 0.6 is 15.9 Å². The summed E-state index contributed by atoms with van der Waals surface area (Å²) in [5, 5.41) is 6.59. The summed E-state index contributed by atoms with van der Waals surface area (Å²) >= 11 is 3.57. The van der Waals surface area contributed by atoms with Gasteiger partial charge in [0, 0.05) is 17.2 Å². The molecule has 0 atom stereocenters. The highest BCUT2D eigenvalue weighted by molar-refractivity contribution is 9.10. The Labute approximate surface area is 150 Å². The Morgan fingerprint density at radius 1 is 1.04 bits per heavy atom. The van der Waals surface area contributed by atoms with Crippen molar-refractivity contribution in [2.24, 2.45) is 0 Å². The maximum Gasteiger partial charge on any atom is 0.224 e. The van der Waals surface area contributed by atoms with Gasteiger partial charge in [-0.05, 0) is 64.7 Å². The highest BCUT2D eigenvalue weighted by atomic mass is 79.9. The van der Waals surface area contributed by atoms with Crippen LogP contribution in [0.25, 0.3) is 0 Å². The van der Waals surface area contributed by atoms with Gasteiger partial charge >= 0.3 is 0 Å². The predicted octanol–water partition coefficient (Wildman–Crippen LogP) is 5.21. The Morgan fingerprint density at radius 2 is 1.88 bits per heavy atom. The van der Waals surface area contributed by atoms with Gasteiger partial charge in [0.25, 0.3) is 0 Å². The lowest BCUT2D eigenvalue weighted by Gasteiger charge is -2.11. The Morgan fingerprint density at radius 3 is 2.67 bits per heavy atom. The van der Waals surface area contributed by atoms with Crippen molar-refractivity contribution < 1.29 is 0 Å². The fourth-order valence-electron chi connectivity index (χ4n) is 2.36. The second-order valence-electron chi connectivity index (χ2n) is 5.65. The molecule has 0 bridgehead atoms. The molecular formula is C19H19BrN4. The quantitative estimate of drug-likeness (QED) is 0.635. The minimum absolute atomic E-state index is 0.603. The number of hydrogen-bond donors (Lipinski definition) is 2. The van der Waals surface area contributed by atoms with Crippen LogP contribution in [0.15, 0.2) is 59.2 Å². The number of benzene rings is 2. The van der Waals surface area contributed by atoms with E-state index in [0.717, 1.165) is 16.0 Å². The Hall–Kier alpha value is -2.40. The van der Waals surface area contributed by atoms with Gasteiger partial charge in [-0.15, -0.1) is 0 Å². The molecule has 0 aliphatic carbocycles. The Bertz CT molecular complexity index is 848. The molecule has 1 heterocycles. The summed E-state index contributed by atoms with van der Waals surface area (Å²) in [7, 11) is 0. The van der Waals surface area contributed by atoms with Gasteiger partial charge in [0.1, 0.15) is 5.82 Å². The van der Waals surface area contributed by atoms with E-state index in [2.05, 4.69) is 74.6 Å². The summed E-state index contributed by atoms with van der Waals surface area (Å²) in [4.78, 5) is 8.81. The second kappa shape index (κ2) is 7.45. The SMILES string of the molecule is Cc1ccc(Nc2ccnc(NCc3ccccc3C)n2)c(Br)c1. The van der Waals surface area contributed by atoms with E-state index in [0.29, 0.717) is 12.5 Å². The lowest BCUT2D eigenvalue weighted by molar-refractivity contribution is 1.04. The number of aromatic nitrogens is 2. The molecule has 24 heavy (non-hydrogen) atoms. The molecule has 3 rings (SSSR count). The van der Waals surface area contributed by atoms with Crippen LogP contribution in [0.1, 0.15) is 16.7 Å². The molecule has 0 aliphatic heterocycles. The number of aryl methyl sites for hydroxylation is 2. The molecule has 1 aromatic heterocycles. The molecule has 4 nitrogen and oxygen atoms in total. The Kier molecular flexibility index (Phi) is 5.11. The summed E-state index contributed by atoms with van der Waals surface area (Å²) in [6, 6.07) is 16.3. The lowest BCUT2D eigenvalue weighted by atomic mass is 10.1. The van der Waals surface area contributed by atoms with Gasteiger partial charge in [-0.1, -0.05) is 30.3 Å². The van der Waals surface area contributed by atoms with Crippen LogP contribution in [0.2, 0.25) is 0 Å². The molecule has 0 unspecified atom stereocenters. The first-order valence-corrected chi connectivity index (χ1v) is 8.56. The number of rotatable bonds is 5. The van der Waals surface area contributed by atoms with Crippen LogP contribution < -0.4 is 10.6 Å². The predicted molar refractivity (Wildman–Crippen MR) is 103 cm³/mol. The van der Waals surface area contributed by atoms with E-state index in [1.54, 1.807) is 6.20 Å². The highest BCUT2D eigenvalue weighted by Crippen LogP contribution is 2.26. The molecule has 0 amide bonds. The van der Waals surface area contributed by atoms with E-state index >= 15 is 0 Å². The molecule has 122 valence electrons. The zero-order valence-electron chi connectivity index (χ0n) is 13.7. The molecule has 0 aliphatic rings.